The van der Waals surface area contributed by atoms with Gasteiger partial charge in [0.15, 0.2) is 0 Å². The molecule has 0 radical (unpaired) electrons. The highest BCUT2D eigenvalue weighted by Crippen LogP contribution is 2.19. The van der Waals surface area contributed by atoms with Gasteiger partial charge in [0.25, 0.3) is 0 Å². The number of alkyl halides is 1. The van der Waals surface area contributed by atoms with Crippen LogP contribution < -0.4 is 5.32 Å². The van der Waals surface area contributed by atoms with Crippen molar-refractivity contribution in [2.75, 3.05) is 18.5 Å². The summed E-state index contributed by atoms with van der Waals surface area (Å²) in [5.41, 5.74) is 1.13. The fourth-order valence-corrected chi connectivity index (χ4v) is 1.10. The first-order chi connectivity index (χ1) is 6.83. The first-order valence-corrected chi connectivity index (χ1v) is 4.06. The molecule has 4 heteroatoms. The largest absolute Gasteiger partial charge is 0.380 e. The molecule has 0 heterocycles. The molecular formula is C10H8FN3. The van der Waals surface area contributed by atoms with Crippen LogP contribution in [0.15, 0.2) is 18.2 Å². The van der Waals surface area contributed by atoms with E-state index in [9.17, 15) is 4.39 Å². The molecule has 0 atom stereocenters. The van der Waals surface area contributed by atoms with Crippen molar-refractivity contribution in [1.29, 1.82) is 10.5 Å². The summed E-state index contributed by atoms with van der Waals surface area (Å²) in [4.78, 5) is 0. The number of halogens is 1. The summed E-state index contributed by atoms with van der Waals surface area (Å²) in [5, 5.41) is 20.2. The van der Waals surface area contributed by atoms with Gasteiger partial charge in [-0.2, -0.15) is 10.5 Å². The number of nitrogens with one attached hydrogen (secondary N) is 1. The molecule has 70 valence electrons. The molecule has 0 aliphatic heterocycles. The highest BCUT2D eigenvalue weighted by molar-refractivity contribution is 5.66. The molecule has 0 amide bonds. The Labute approximate surface area is 81.4 Å². The predicted octanol–water partition coefficient (Wildman–Crippen LogP) is 1.81. The second kappa shape index (κ2) is 4.84. The normalized spacial score (nSPS) is 8.79. The molecule has 1 N–H and O–H groups in total. The molecule has 0 unspecified atom stereocenters. The van der Waals surface area contributed by atoms with Crippen molar-refractivity contribution in [2.24, 2.45) is 0 Å². The molecule has 14 heavy (non-hydrogen) atoms. The lowest BCUT2D eigenvalue weighted by Gasteiger charge is -2.07. The summed E-state index contributed by atoms with van der Waals surface area (Å²) in [7, 11) is 0. The predicted molar refractivity (Wildman–Crippen MR) is 50.3 cm³/mol. The monoisotopic (exact) mass is 189 g/mol. The minimum atomic E-state index is -0.537. The zero-order valence-corrected chi connectivity index (χ0v) is 7.42. The Hall–Kier alpha value is -2.07. The summed E-state index contributed by atoms with van der Waals surface area (Å²) in [5.74, 6) is 0. The Kier molecular flexibility index (Phi) is 3.46. The van der Waals surface area contributed by atoms with E-state index in [0.29, 0.717) is 16.8 Å². The molecule has 1 aromatic carbocycles. The van der Waals surface area contributed by atoms with Crippen LogP contribution in [0, 0.1) is 22.7 Å². The van der Waals surface area contributed by atoms with Crippen molar-refractivity contribution in [3.05, 3.63) is 29.3 Å². The lowest BCUT2D eigenvalue weighted by Crippen LogP contribution is -2.06. The maximum Gasteiger partial charge on any atom is 0.107 e. The van der Waals surface area contributed by atoms with Crippen molar-refractivity contribution >= 4 is 5.69 Å². The van der Waals surface area contributed by atoms with Crippen LogP contribution >= 0.6 is 0 Å². The van der Waals surface area contributed by atoms with Gasteiger partial charge in [-0.1, -0.05) is 6.07 Å². The Bertz CT molecular complexity index is 369. The minimum Gasteiger partial charge on any atom is -0.380 e. The molecule has 1 aromatic rings. The van der Waals surface area contributed by atoms with Gasteiger partial charge in [0.2, 0.25) is 0 Å². The minimum absolute atomic E-state index is 0.105. The van der Waals surface area contributed by atoms with E-state index in [1.165, 1.54) is 0 Å². The van der Waals surface area contributed by atoms with Gasteiger partial charge < -0.3 is 5.32 Å². The summed E-state index contributed by atoms with van der Waals surface area (Å²) in [6.45, 7) is -0.433. The standard InChI is InChI=1S/C10H8FN3/c11-4-5-14-10-8(6-12)2-1-3-9(10)7-13/h1-3,14H,4-5H2. The number of anilines is 1. The lowest BCUT2D eigenvalue weighted by atomic mass is 10.1. The molecule has 0 saturated heterocycles. The summed E-state index contributed by atoms with van der Waals surface area (Å²) in [6.07, 6.45) is 0. The molecule has 0 saturated carbocycles. The van der Waals surface area contributed by atoms with E-state index in [2.05, 4.69) is 5.32 Å². The molecule has 3 nitrogen and oxygen atoms in total. The van der Waals surface area contributed by atoms with E-state index in [1.807, 2.05) is 12.1 Å². The number of rotatable bonds is 3. The molecule has 1 rings (SSSR count). The summed E-state index contributed by atoms with van der Waals surface area (Å²) < 4.78 is 11.9. The molecule has 0 aliphatic carbocycles. The van der Waals surface area contributed by atoms with Crippen LogP contribution in [0.1, 0.15) is 11.1 Å². The van der Waals surface area contributed by atoms with Gasteiger partial charge in [0, 0.05) is 6.54 Å². The van der Waals surface area contributed by atoms with Gasteiger partial charge in [-0.3, -0.25) is 0 Å². The molecule has 0 bridgehead atoms. The number of nitrogens with zero attached hydrogens (tertiary/aromatic N) is 2. The van der Waals surface area contributed by atoms with Crippen molar-refractivity contribution < 1.29 is 4.39 Å². The Morgan fingerprint density at radius 2 is 1.79 bits per heavy atom. The van der Waals surface area contributed by atoms with Gasteiger partial charge in [-0.15, -0.1) is 0 Å². The number of benzene rings is 1. The van der Waals surface area contributed by atoms with Crippen molar-refractivity contribution in [2.45, 2.75) is 0 Å². The highest BCUT2D eigenvalue weighted by atomic mass is 19.1. The average molecular weight is 189 g/mol. The van der Waals surface area contributed by atoms with E-state index in [4.69, 9.17) is 10.5 Å². The fourth-order valence-electron chi connectivity index (χ4n) is 1.10. The maximum absolute atomic E-state index is 11.9. The zero-order valence-electron chi connectivity index (χ0n) is 7.42. The third-order valence-corrected chi connectivity index (χ3v) is 1.70. The number of para-hydroxylation sites is 1. The van der Waals surface area contributed by atoms with Gasteiger partial charge in [0.1, 0.15) is 18.8 Å². The first kappa shape index (κ1) is 10.0. The molecular weight excluding hydrogens is 181 g/mol. The van der Waals surface area contributed by atoms with Crippen LogP contribution in [-0.2, 0) is 0 Å². The summed E-state index contributed by atoms with van der Waals surface area (Å²) >= 11 is 0. The van der Waals surface area contributed by atoms with Crippen LogP contribution in [-0.4, -0.2) is 13.2 Å². The van der Waals surface area contributed by atoms with E-state index < -0.39 is 6.67 Å². The number of nitriles is 2. The van der Waals surface area contributed by atoms with Crippen LogP contribution in [0.25, 0.3) is 0 Å². The van der Waals surface area contributed by atoms with E-state index in [0.717, 1.165) is 0 Å². The first-order valence-electron chi connectivity index (χ1n) is 4.06. The van der Waals surface area contributed by atoms with Crippen LogP contribution in [0.4, 0.5) is 10.1 Å². The van der Waals surface area contributed by atoms with Crippen molar-refractivity contribution in [3.63, 3.8) is 0 Å². The van der Waals surface area contributed by atoms with Crippen molar-refractivity contribution in [1.82, 2.24) is 0 Å². The molecule has 0 fully saturated rings. The maximum atomic E-state index is 11.9. The lowest BCUT2D eigenvalue weighted by molar-refractivity contribution is 0.512. The van der Waals surface area contributed by atoms with Crippen LogP contribution in [0.5, 0.6) is 0 Å². The third-order valence-electron chi connectivity index (χ3n) is 1.70. The highest BCUT2D eigenvalue weighted by Gasteiger charge is 2.06. The van der Waals surface area contributed by atoms with Crippen LogP contribution in [0.2, 0.25) is 0 Å². The second-order valence-electron chi connectivity index (χ2n) is 2.57. The molecule has 0 spiro atoms. The van der Waals surface area contributed by atoms with E-state index >= 15 is 0 Å². The van der Waals surface area contributed by atoms with Crippen LogP contribution in [0.3, 0.4) is 0 Å². The van der Waals surface area contributed by atoms with Gasteiger partial charge >= 0.3 is 0 Å². The Morgan fingerprint density at radius 3 is 2.21 bits per heavy atom. The Balaban J connectivity index is 3.09. The van der Waals surface area contributed by atoms with Gasteiger partial charge in [0.05, 0.1) is 16.8 Å². The quantitative estimate of drug-likeness (QED) is 0.788. The summed E-state index contributed by atoms with van der Waals surface area (Å²) in [6, 6.07) is 8.68. The zero-order chi connectivity index (χ0) is 10.4. The molecule has 0 aliphatic rings. The smallest absolute Gasteiger partial charge is 0.107 e. The topological polar surface area (TPSA) is 59.6 Å². The van der Waals surface area contributed by atoms with Gasteiger partial charge in [-0.05, 0) is 12.1 Å². The Morgan fingerprint density at radius 1 is 1.21 bits per heavy atom. The third kappa shape index (κ3) is 1.99. The van der Waals surface area contributed by atoms with Crippen molar-refractivity contribution in [3.8, 4) is 12.1 Å². The number of hydrogen-bond donors (Lipinski definition) is 1. The fraction of sp³-hybridized carbons (Fsp3) is 0.200. The van der Waals surface area contributed by atoms with Gasteiger partial charge in [-0.25, -0.2) is 4.39 Å². The molecule has 0 aromatic heterocycles. The van der Waals surface area contributed by atoms with E-state index in [1.54, 1.807) is 18.2 Å². The van der Waals surface area contributed by atoms with E-state index in [-0.39, 0.29) is 6.54 Å². The average Bonchev–Trinajstić information content (AvgIpc) is 2.25. The SMILES string of the molecule is N#Cc1cccc(C#N)c1NCCF. The number of hydrogen-bond acceptors (Lipinski definition) is 3. The second-order valence-corrected chi connectivity index (χ2v) is 2.57.